The fourth-order valence-corrected chi connectivity index (χ4v) is 3.13. The Balaban J connectivity index is 1.78. The van der Waals surface area contributed by atoms with Crippen LogP contribution in [0.25, 0.3) is 22.3 Å². The third-order valence-electron chi connectivity index (χ3n) is 4.19. The van der Waals surface area contributed by atoms with Gasteiger partial charge < -0.3 is 4.57 Å². The maximum Gasteiger partial charge on any atom is 0.286 e. The number of nitrogens with zero attached hydrogens (tertiary/aromatic N) is 6. The molecule has 136 valence electrons. The van der Waals surface area contributed by atoms with E-state index in [1.807, 2.05) is 18.2 Å². The molecule has 0 bridgehead atoms. The summed E-state index contributed by atoms with van der Waals surface area (Å²) >= 11 is 5.90. The average Bonchev–Trinajstić information content (AvgIpc) is 2.98. The van der Waals surface area contributed by atoms with Gasteiger partial charge in [0.1, 0.15) is 5.52 Å². The lowest BCUT2D eigenvalue weighted by Crippen LogP contribution is -2.23. The third kappa shape index (κ3) is 3.31. The van der Waals surface area contributed by atoms with Gasteiger partial charge in [-0.15, -0.1) is 5.10 Å². The first-order valence-electron chi connectivity index (χ1n) is 8.10. The molecule has 3 aromatic heterocycles. The number of hydrogen-bond donors (Lipinski definition) is 0. The van der Waals surface area contributed by atoms with Crippen LogP contribution >= 0.6 is 11.6 Å². The zero-order valence-corrected chi connectivity index (χ0v) is 15.3. The van der Waals surface area contributed by atoms with Crippen molar-refractivity contribution in [1.29, 1.82) is 0 Å². The van der Waals surface area contributed by atoms with Crippen LogP contribution in [0.2, 0.25) is 5.28 Å². The number of halogens is 2. The number of rotatable bonds is 3. The molecule has 0 atom stereocenters. The Morgan fingerprint density at radius 2 is 2.00 bits per heavy atom. The minimum absolute atomic E-state index is 0.0670. The molecular formula is C18H14ClFN6O. The van der Waals surface area contributed by atoms with Gasteiger partial charge in [0.15, 0.2) is 5.82 Å². The smallest absolute Gasteiger partial charge is 0.286 e. The van der Waals surface area contributed by atoms with E-state index in [1.165, 1.54) is 4.57 Å². The molecule has 7 nitrogen and oxygen atoms in total. The largest absolute Gasteiger partial charge is 0.308 e. The summed E-state index contributed by atoms with van der Waals surface area (Å²) in [7, 11) is 1.78. The first-order valence-corrected chi connectivity index (χ1v) is 8.48. The minimum atomic E-state index is -0.858. The molecule has 0 saturated carbocycles. The van der Waals surface area contributed by atoms with Crippen molar-refractivity contribution in [3.63, 3.8) is 0 Å². The summed E-state index contributed by atoms with van der Waals surface area (Å²) in [5.41, 5.74) is 3.24. The van der Waals surface area contributed by atoms with E-state index in [0.29, 0.717) is 17.0 Å². The van der Waals surface area contributed by atoms with E-state index in [2.05, 4.69) is 20.3 Å². The number of pyridine rings is 1. The lowest BCUT2D eigenvalue weighted by molar-refractivity contribution is 0.581. The number of benzene rings is 1. The monoisotopic (exact) mass is 384 g/mol. The molecule has 0 amide bonds. The van der Waals surface area contributed by atoms with E-state index >= 15 is 0 Å². The topological polar surface area (TPSA) is 78.5 Å². The summed E-state index contributed by atoms with van der Waals surface area (Å²) in [6.45, 7) is 1.96. The van der Waals surface area contributed by atoms with Crippen LogP contribution in [0.3, 0.4) is 0 Å². The van der Waals surface area contributed by atoms with E-state index < -0.39 is 11.4 Å². The first-order chi connectivity index (χ1) is 12.9. The van der Waals surface area contributed by atoms with Gasteiger partial charge >= 0.3 is 0 Å². The molecule has 0 spiro atoms. The van der Waals surface area contributed by atoms with Gasteiger partial charge in [-0.1, -0.05) is 11.3 Å². The van der Waals surface area contributed by atoms with Crippen molar-refractivity contribution in [2.75, 3.05) is 0 Å². The third-order valence-corrected chi connectivity index (χ3v) is 4.36. The summed E-state index contributed by atoms with van der Waals surface area (Å²) in [6, 6.07) is 8.36. The molecule has 4 aromatic rings. The zero-order valence-electron chi connectivity index (χ0n) is 14.5. The number of fused-ring (bicyclic) bond motifs is 1. The van der Waals surface area contributed by atoms with Gasteiger partial charge in [0, 0.05) is 24.5 Å². The van der Waals surface area contributed by atoms with E-state index in [1.54, 1.807) is 30.9 Å². The highest BCUT2D eigenvalue weighted by Gasteiger charge is 2.12. The summed E-state index contributed by atoms with van der Waals surface area (Å²) < 4.78 is 17.2. The molecule has 0 fully saturated rings. The molecule has 0 aliphatic rings. The molecule has 1 aromatic carbocycles. The lowest BCUT2D eigenvalue weighted by Gasteiger charge is -2.10. The van der Waals surface area contributed by atoms with Crippen LogP contribution in [0.1, 0.15) is 11.3 Å². The predicted molar refractivity (Wildman–Crippen MR) is 99.0 cm³/mol. The van der Waals surface area contributed by atoms with Gasteiger partial charge in [-0.3, -0.25) is 4.79 Å². The molecule has 0 saturated heterocycles. The summed E-state index contributed by atoms with van der Waals surface area (Å²) in [5.74, 6) is -0.858. The van der Waals surface area contributed by atoms with Gasteiger partial charge in [-0.25, -0.2) is 19.0 Å². The second kappa shape index (κ2) is 6.55. The van der Waals surface area contributed by atoms with E-state index in [9.17, 15) is 9.18 Å². The Hall–Kier alpha value is -3.13. The highest BCUT2D eigenvalue weighted by molar-refractivity contribution is 6.28. The lowest BCUT2D eigenvalue weighted by atomic mass is 10.1. The Labute approximate surface area is 158 Å². The average molecular weight is 385 g/mol. The van der Waals surface area contributed by atoms with Crippen molar-refractivity contribution >= 4 is 22.6 Å². The zero-order chi connectivity index (χ0) is 19.1. The van der Waals surface area contributed by atoms with Crippen LogP contribution in [0.5, 0.6) is 0 Å². The van der Waals surface area contributed by atoms with Crippen molar-refractivity contribution in [3.05, 3.63) is 69.2 Å². The van der Waals surface area contributed by atoms with Gasteiger partial charge in [0.2, 0.25) is 5.28 Å². The maximum atomic E-state index is 14.3. The standard InChI is InChI=1S/C18H14ClFN6O/c1-10-5-15(22-18(19)21-10)12-7-13(20)17(27)26(9-12)8-11-3-4-14-16(6-11)25(2)24-23-14/h3-7,9H,8H2,1-2H3. The van der Waals surface area contributed by atoms with Gasteiger partial charge in [-0.2, -0.15) is 0 Å². The minimum Gasteiger partial charge on any atom is -0.308 e. The van der Waals surface area contributed by atoms with Crippen LogP contribution in [0.4, 0.5) is 4.39 Å². The fraction of sp³-hybridized carbons (Fsp3) is 0.167. The summed E-state index contributed by atoms with van der Waals surface area (Å²) in [5, 5.41) is 8.05. The van der Waals surface area contributed by atoms with Crippen molar-refractivity contribution in [1.82, 2.24) is 29.5 Å². The molecule has 27 heavy (non-hydrogen) atoms. The van der Waals surface area contributed by atoms with Gasteiger partial charge in [0.25, 0.3) is 5.56 Å². The van der Waals surface area contributed by atoms with Crippen molar-refractivity contribution < 1.29 is 4.39 Å². The summed E-state index contributed by atoms with van der Waals surface area (Å²) in [6.07, 6.45) is 1.56. The highest BCUT2D eigenvalue weighted by atomic mass is 35.5. The van der Waals surface area contributed by atoms with E-state index in [0.717, 1.165) is 22.7 Å². The van der Waals surface area contributed by atoms with E-state index in [-0.39, 0.29) is 11.8 Å². The molecule has 0 unspecified atom stereocenters. The Morgan fingerprint density at radius 1 is 1.19 bits per heavy atom. The quantitative estimate of drug-likeness (QED) is 0.507. The second-order valence-corrected chi connectivity index (χ2v) is 6.55. The van der Waals surface area contributed by atoms with Crippen molar-refractivity contribution in [2.24, 2.45) is 7.05 Å². The summed E-state index contributed by atoms with van der Waals surface area (Å²) in [4.78, 5) is 20.4. The normalized spacial score (nSPS) is 11.3. The number of hydrogen-bond acceptors (Lipinski definition) is 5. The van der Waals surface area contributed by atoms with Crippen molar-refractivity contribution in [2.45, 2.75) is 13.5 Å². The van der Waals surface area contributed by atoms with E-state index in [4.69, 9.17) is 11.6 Å². The molecular weight excluding hydrogens is 371 g/mol. The first kappa shape index (κ1) is 17.3. The molecule has 0 aliphatic heterocycles. The predicted octanol–water partition coefficient (Wildman–Crippen LogP) is 2.74. The SMILES string of the molecule is Cc1cc(-c2cc(F)c(=O)n(Cc3ccc4nnn(C)c4c3)c2)nc(Cl)n1. The number of aryl methyl sites for hydroxylation is 2. The van der Waals surface area contributed by atoms with Gasteiger partial charge in [-0.05, 0) is 48.4 Å². The highest BCUT2D eigenvalue weighted by Crippen LogP contribution is 2.20. The molecule has 9 heteroatoms. The fourth-order valence-electron chi connectivity index (χ4n) is 2.91. The molecule has 3 heterocycles. The van der Waals surface area contributed by atoms with Crippen LogP contribution in [-0.2, 0) is 13.6 Å². The van der Waals surface area contributed by atoms with Crippen LogP contribution < -0.4 is 5.56 Å². The molecule has 0 aliphatic carbocycles. The Morgan fingerprint density at radius 3 is 2.78 bits per heavy atom. The second-order valence-electron chi connectivity index (χ2n) is 6.21. The maximum absolute atomic E-state index is 14.3. The molecule has 0 radical (unpaired) electrons. The van der Waals surface area contributed by atoms with Crippen LogP contribution in [-0.4, -0.2) is 29.5 Å². The molecule has 0 N–H and O–H groups in total. The Bertz CT molecular complexity index is 1210. The van der Waals surface area contributed by atoms with Crippen molar-refractivity contribution in [3.8, 4) is 11.3 Å². The van der Waals surface area contributed by atoms with Crippen LogP contribution in [0, 0.1) is 12.7 Å². The Kier molecular flexibility index (Phi) is 4.19. The molecule has 4 rings (SSSR count). The van der Waals surface area contributed by atoms with Gasteiger partial charge in [0.05, 0.1) is 17.8 Å². The van der Waals surface area contributed by atoms with Crippen LogP contribution in [0.15, 0.2) is 41.3 Å². The number of aromatic nitrogens is 6.